The van der Waals surface area contributed by atoms with Gasteiger partial charge in [-0.25, -0.2) is 0 Å². The number of phenolic OH excluding ortho intramolecular Hbond substituents is 1. The lowest BCUT2D eigenvalue weighted by molar-refractivity contribution is -0.116. The van der Waals surface area contributed by atoms with Crippen LogP contribution in [0, 0.1) is 6.92 Å². The number of nitrogens with one attached hydrogen (secondary N) is 2. The smallest absolute Gasteiger partial charge is 0.254 e. The third kappa shape index (κ3) is 5.37. The van der Waals surface area contributed by atoms with Crippen molar-refractivity contribution >= 4 is 17.4 Å². The molecular weight excluding hydrogens is 520 g/mol. The minimum absolute atomic E-state index is 0.0620. The fraction of sp³-hybridized carbons (Fsp3) is 0.273. The number of hydrogen-bond acceptors (Lipinski definition) is 7. The van der Waals surface area contributed by atoms with Crippen molar-refractivity contribution in [3.63, 3.8) is 0 Å². The van der Waals surface area contributed by atoms with Crippen LogP contribution in [0.2, 0.25) is 0 Å². The largest absolute Gasteiger partial charge is 0.504 e. The summed E-state index contributed by atoms with van der Waals surface area (Å²) in [5.74, 6) is 0.330. The summed E-state index contributed by atoms with van der Waals surface area (Å²) in [6.45, 7) is 3.82. The highest BCUT2D eigenvalue weighted by Crippen LogP contribution is 2.47. The number of amides is 1. The van der Waals surface area contributed by atoms with Crippen molar-refractivity contribution < 1.29 is 28.9 Å². The van der Waals surface area contributed by atoms with Gasteiger partial charge < -0.3 is 30.0 Å². The average Bonchev–Trinajstić information content (AvgIpc) is 2.96. The molecule has 1 aliphatic carbocycles. The van der Waals surface area contributed by atoms with E-state index in [9.17, 15) is 14.7 Å². The first-order chi connectivity index (χ1) is 19.7. The number of phenols is 1. The van der Waals surface area contributed by atoms with E-state index in [2.05, 4.69) is 10.6 Å². The third-order valence-electron chi connectivity index (χ3n) is 7.80. The number of benzene rings is 3. The molecule has 2 atom stereocenters. The van der Waals surface area contributed by atoms with Gasteiger partial charge in [-0.2, -0.15) is 0 Å². The fourth-order valence-electron chi connectivity index (χ4n) is 5.74. The highest BCUT2D eigenvalue weighted by atomic mass is 16.5. The Kier molecular flexibility index (Phi) is 7.75. The molecule has 3 aromatic carbocycles. The first-order valence-corrected chi connectivity index (χ1v) is 13.4. The van der Waals surface area contributed by atoms with Gasteiger partial charge in [-0.05, 0) is 73.7 Å². The number of ketones is 1. The zero-order valence-electron chi connectivity index (χ0n) is 23.8. The lowest BCUT2D eigenvalue weighted by atomic mass is 9.71. The third-order valence-corrected chi connectivity index (χ3v) is 7.80. The number of hydrogen-bond donors (Lipinski definition) is 3. The number of carbonyl (C=O) groups is 2. The van der Waals surface area contributed by atoms with Gasteiger partial charge in [0.25, 0.3) is 5.91 Å². The molecule has 0 saturated carbocycles. The number of Topliss-reactive ketones (excluding diaryl/α,β-unsaturated/α-hetero) is 1. The van der Waals surface area contributed by atoms with Crippen molar-refractivity contribution in [2.75, 3.05) is 26.6 Å². The van der Waals surface area contributed by atoms with Gasteiger partial charge in [-0.1, -0.05) is 29.8 Å². The van der Waals surface area contributed by atoms with Gasteiger partial charge in [0.2, 0.25) is 0 Å². The summed E-state index contributed by atoms with van der Waals surface area (Å²) in [7, 11) is 4.65. The summed E-state index contributed by atoms with van der Waals surface area (Å²) in [6.07, 6.45) is 0.833. The molecule has 8 nitrogen and oxygen atoms in total. The van der Waals surface area contributed by atoms with Gasteiger partial charge in [-0.15, -0.1) is 0 Å². The highest BCUT2D eigenvalue weighted by molar-refractivity contribution is 6.10. The maximum absolute atomic E-state index is 14.0. The van der Waals surface area contributed by atoms with Crippen LogP contribution in [-0.4, -0.2) is 38.1 Å². The van der Waals surface area contributed by atoms with E-state index in [0.717, 1.165) is 16.8 Å². The van der Waals surface area contributed by atoms with E-state index in [1.807, 2.05) is 56.3 Å². The number of anilines is 1. The summed E-state index contributed by atoms with van der Waals surface area (Å²) in [5.41, 5.74) is 5.70. The van der Waals surface area contributed by atoms with E-state index < -0.39 is 5.92 Å². The van der Waals surface area contributed by atoms with Crippen molar-refractivity contribution in [1.29, 1.82) is 0 Å². The van der Waals surface area contributed by atoms with E-state index in [4.69, 9.17) is 14.2 Å². The van der Waals surface area contributed by atoms with Crippen LogP contribution in [0.5, 0.6) is 23.0 Å². The monoisotopic (exact) mass is 554 g/mol. The maximum atomic E-state index is 14.0. The van der Waals surface area contributed by atoms with E-state index in [1.165, 1.54) is 7.11 Å². The van der Waals surface area contributed by atoms with Crippen molar-refractivity contribution in [1.82, 2.24) is 5.32 Å². The van der Waals surface area contributed by atoms with Gasteiger partial charge in [0.05, 0.1) is 21.3 Å². The van der Waals surface area contributed by atoms with Crippen LogP contribution in [0.3, 0.4) is 0 Å². The molecule has 2 aliphatic rings. The number of ether oxygens (including phenoxy) is 3. The minimum atomic E-state index is -0.674. The quantitative estimate of drug-likeness (QED) is 0.343. The van der Waals surface area contributed by atoms with Gasteiger partial charge in [-0.3, -0.25) is 9.59 Å². The number of aryl methyl sites for hydroxylation is 1. The molecule has 1 heterocycles. The molecule has 0 spiro atoms. The van der Waals surface area contributed by atoms with Crippen molar-refractivity contribution in [3.8, 4) is 23.0 Å². The first-order valence-electron chi connectivity index (χ1n) is 13.4. The van der Waals surface area contributed by atoms with Crippen molar-refractivity contribution in [2.24, 2.45) is 0 Å². The summed E-state index contributed by atoms with van der Waals surface area (Å²) in [4.78, 5) is 27.8. The summed E-state index contributed by atoms with van der Waals surface area (Å²) >= 11 is 0. The van der Waals surface area contributed by atoms with Gasteiger partial charge in [0, 0.05) is 40.6 Å². The number of methoxy groups -OCH3 is 3. The molecule has 1 aliphatic heterocycles. The number of aromatic hydroxyl groups is 1. The Morgan fingerprint density at radius 2 is 1.51 bits per heavy atom. The van der Waals surface area contributed by atoms with Crippen LogP contribution < -0.4 is 24.8 Å². The highest BCUT2D eigenvalue weighted by Gasteiger charge is 2.41. The number of allylic oxidation sites excluding steroid dienone is 3. The normalized spacial score (nSPS) is 18.4. The maximum Gasteiger partial charge on any atom is 0.254 e. The lowest BCUT2D eigenvalue weighted by Gasteiger charge is -2.37. The molecule has 8 heteroatoms. The predicted octanol–water partition coefficient (Wildman–Crippen LogP) is 5.73. The molecule has 0 bridgehead atoms. The molecule has 0 aromatic heterocycles. The molecule has 5 rings (SSSR count). The molecule has 0 fully saturated rings. The fourth-order valence-corrected chi connectivity index (χ4v) is 5.74. The van der Waals surface area contributed by atoms with Crippen molar-refractivity contribution in [2.45, 2.75) is 38.5 Å². The van der Waals surface area contributed by atoms with Crippen LogP contribution in [0.4, 0.5) is 5.69 Å². The molecule has 1 amide bonds. The van der Waals surface area contributed by atoms with E-state index in [0.29, 0.717) is 51.8 Å². The van der Waals surface area contributed by atoms with Crippen LogP contribution in [0.1, 0.15) is 48.3 Å². The van der Waals surface area contributed by atoms with E-state index >= 15 is 0 Å². The summed E-state index contributed by atoms with van der Waals surface area (Å²) in [5, 5.41) is 17.0. The van der Waals surface area contributed by atoms with Gasteiger partial charge in [0.1, 0.15) is 0 Å². The van der Waals surface area contributed by atoms with Crippen LogP contribution in [0.15, 0.2) is 83.2 Å². The summed E-state index contributed by atoms with van der Waals surface area (Å²) in [6, 6.07) is 18.3. The van der Waals surface area contributed by atoms with Crippen LogP contribution in [0.25, 0.3) is 0 Å². The Bertz CT molecular complexity index is 1570. The lowest BCUT2D eigenvalue weighted by Crippen LogP contribution is -2.37. The predicted molar refractivity (Wildman–Crippen MR) is 157 cm³/mol. The zero-order valence-corrected chi connectivity index (χ0v) is 23.8. The molecule has 3 aromatic rings. The molecule has 212 valence electrons. The second kappa shape index (κ2) is 11.4. The van der Waals surface area contributed by atoms with Gasteiger partial charge >= 0.3 is 0 Å². The Balaban J connectivity index is 1.56. The Morgan fingerprint density at radius 3 is 2.17 bits per heavy atom. The average molecular weight is 555 g/mol. The van der Waals surface area contributed by atoms with E-state index in [1.54, 1.807) is 32.4 Å². The Labute approximate surface area is 239 Å². The SMILES string of the molecule is COc1ccc([C@H]2C(C(=O)Nc3ccc(C)cc3)=C(C)NC3=C2C(=O)C[C@@H](c2ccc(OC)c(OC)c2)C3)cc1O. The second-order valence-corrected chi connectivity index (χ2v) is 10.4. The summed E-state index contributed by atoms with van der Waals surface area (Å²) < 4.78 is 16.1. The Hall–Kier alpha value is -4.72. The number of dihydropyridines is 1. The molecule has 0 unspecified atom stereocenters. The van der Waals surface area contributed by atoms with Crippen LogP contribution >= 0.6 is 0 Å². The first kappa shape index (κ1) is 27.8. The standard InChI is InChI=1S/C33H34N2O6/c1-18-6-10-23(11-7-18)35-33(38)30-19(2)34-24-14-22(20-8-13-28(40-4)29(17-20)41-5)16-26(37)32(24)31(30)21-9-12-27(39-3)25(36)15-21/h6-13,15,17,22,31,34,36H,14,16H2,1-5H3,(H,35,38)/t22-,31-/m0/s1. The number of rotatable bonds is 7. The van der Waals surface area contributed by atoms with E-state index in [-0.39, 0.29) is 29.8 Å². The molecule has 0 radical (unpaired) electrons. The topological polar surface area (TPSA) is 106 Å². The van der Waals surface area contributed by atoms with Gasteiger partial charge in [0.15, 0.2) is 28.8 Å². The minimum Gasteiger partial charge on any atom is -0.504 e. The van der Waals surface area contributed by atoms with Crippen molar-refractivity contribution in [3.05, 3.63) is 99.9 Å². The van der Waals surface area contributed by atoms with Crippen LogP contribution in [-0.2, 0) is 9.59 Å². The second-order valence-electron chi connectivity index (χ2n) is 10.4. The molecule has 41 heavy (non-hydrogen) atoms. The zero-order chi connectivity index (χ0) is 29.3. The molecular formula is C33H34N2O6. The Morgan fingerprint density at radius 1 is 0.854 bits per heavy atom. The molecule has 0 saturated heterocycles. The number of carbonyl (C=O) groups excluding carboxylic acids is 2. The molecule has 3 N–H and O–H groups in total.